The fourth-order valence-corrected chi connectivity index (χ4v) is 1.37. The Bertz CT molecular complexity index is 262. The van der Waals surface area contributed by atoms with E-state index in [0.29, 0.717) is 12.0 Å². The molecule has 1 atom stereocenters. The molecule has 2 N–H and O–H groups in total. The van der Waals surface area contributed by atoms with Gasteiger partial charge in [-0.25, -0.2) is 4.99 Å². The van der Waals surface area contributed by atoms with Gasteiger partial charge in [0.1, 0.15) is 5.84 Å². The molecule has 0 aromatic heterocycles. The van der Waals surface area contributed by atoms with Crippen LogP contribution in [0.4, 0.5) is 0 Å². The zero-order valence-electron chi connectivity index (χ0n) is 9.69. The maximum absolute atomic E-state index is 5.71. The third-order valence-corrected chi connectivity index (χ3v) is 2.68. The molecule has 0 spiro atoms. The second kappa shape index (κ2) is 5.71. The van der Waals surface area contributed by atoms with Gasteiger partial charge < -0.3 is 10.6 Å². The van der Waals surface area contributed by atoms with E-state index in [4.69, 9.17) is 5.73 Å². The molecule has 0 bridgehead atoms. The molecule has 84 valence electrons. The molecular weight excluding hydrogens is 186 g/mol. The number of nitrogens with two attached hydrogens (primary N) is 1. The van der Waals surface area contributed by atoms with Crippen LogP contribution in [0.2, 0.25) is 0 Å². The summed E-state index contributed by atoms with van der Waals surface area (Å²) in [5.74, 6) is 1.51. The van der Waals surface area contributed by atoms with E-state index in [2.05, 4.69) is 36.4 Å². The van der Waals surface area contributed by atoms with E-state index in [1.54, 1.807) is 6.08 Å². The lowest BCUT2D eigenvalue weighted by Crippen LogP contribution is -2.57. The van der Waals surface area contributed by atoms with E-state index in [9.17, 15) is 0 Å². The zero-order chi connectivity index (χ0) is 11.3. The third-order valence-electron chi connectivity index (χ3n) is 2.68. The van der Waals surface area contributed by atoms with Crippen LogP contribution in [-0.4, -0.2) is 29.9 Å². The number of rotatable bonds is 4. The minimum Gasteiger partial charge on any atom is -0.353 e. The summed E-state index contributed by atoms with van der Waals surface area (Å²) in [7, 11) is 0. The minimum absolute atomic E-state index is 0.300. The molecule has 1 fully saturated rings. The van der Waals surface area contributed by atoms with Gasteiger partial charge in [0.25, 0.3) is 0 Å². The smallest absolute Gasteiger partial charge is 0.127 e. The summed E-state index contributed by atoms with van der Waals surface area (Å²) < 4.78 is 0. The predicted molar refractivity (Wildman–Crippen MR) is 65.8 cm³/mol. The van der Waals surface area contributed by atoms with Crippen molar-refractivity contribution >= 4 is 5.84 Å². The number of allylic oxidation sites excluding steroid dienone is 1. The van der Waals surface area contributed by atoms with Gasteiger partial charge in [0.05, 0.1) is 0 Å². The normalized spacial score (nSPS) is 20.5. The van der Waals surface area contributed by atoms with Gasteiger partial charge in [-0.05, 0) is 12.0 Å². The number of aliphatic imine (C=N–C) groups is 1. The summed E-state index contributed by atoms with van der Waals surface area (Å²) in [4.78, 5) is 6.51. The molecule has 1 saturated heterocycles. The average molecular weight is 207 g/mol. The number of hydrogen-bond donors (Lipinski definition) is 1. The quantitative estimate of drug-likeness (QED) is 0.564. The highest BCUT2D eigenvalue weighted by Crippen LogP contribution is 2.08. The monoisotopic (exact) mass is 207 g/mol. The summed E-state index contributed by atoms with van der Waals surface area (Å²) in [6.45, 7) is 9.89. The summed E-state index contributed by atoms with van der Waals surface area (Å²) in [5.41, 5.74) is 5.71. The van der Waals surface area contributed by atoms with Crippen LogP contribution in [0.1, 0.15) is 20.3 Å². The van der Waals surface area contributed by atoms with E-state index in [-0.39, 0.29) is 0 Å². The van der Waals surface area contributed by atoms with Crippen LogP contribution < -0.4 is 5.73 Å². The number of likely N-dealkylation sites (tertiary alicyclic amines) is 1. The molecule has 0 aromatic rings. The first-order valence-electron chi connectivity index (χ1n) is 5.54. The molecule has 0 aliphatic carbocycles. The Morgan fingerprint density at radius 2 is 2.33 bits per heavy atom. The zero-order valence-corrected chi connectivity index (χ0v) is 9.69. The summed E-state index contributed by atoms with van der Waals surface area (Å²) in [5, 5.41) is 0. The van der Waals surface area contributed by atoms with Crippen molar-refractivity contribution in [2.24, 2.45) is 16.6 Å². The van der Waals surface area contributed by atoms with E-state index < -0.39 is 0 Å². The summed E-state index contributed by atoms with van der Waals surface area (Å²) in [6, 6.07) is 0.300. The summed E-state index contributed by atoms with van der Waals surface area (Å²) >= 11 is 0. The minimum atomic E-state index is 0.300. The Morgan fingerprint density at radius 1 is 1.67 bits per heavy atom. The van der Waals surface area contributed by atoms with Crippen LogP contribution >= 0.6 is 0 Å². The lowest BCUT2D eigenvalue weighted by molar-refractivity contribution is 0.256. The lowest BCUT2D eigenvalue weighted by atomic mass is 10.1. The van der Waals surface area contributed by atoms with Crippen molar-refractivity contribution in [1.29, 1.82) is 0 Å². The van der Waals surface area contributed by atoms with E-state index in [1.807, 2.05) is 6.20 Å². The molecule has 0 saturated carbocycles. The number of amidine groups is 1. The molecule has 1 heterocycles. The molecule has 0 radical (unpaired) electrons. The van der Waals surface area contributed by atoms with Gasteiger partial charge in [0.15, 0.2) is 0 Å². The second-order valence-corrected chi connectivity index (χ2v) is 4.08. The third kappa shape index (κ3) is 3.51. The van der Waals surface area contributed by atoms with Crippen LogP contribution in [0.25, 0.3) is 0 Å². The predicted octanol–water partition coefficient (Wildman–Crippen LogP) is 1.77. The fraction of sp³-hybridized carbons (Fsp3) is 0.583. The standard InChI is InChI=1S/C12H21N3/c1-4-10(3)6-7-14-12(5-2)15-8-11(13)9-15/h5-7,10-11H,2,4,8-9,13H2,1,3H3/b7-6-,14-12?. The fourth-order valence-electron chi connectivity index (χ4n) is 1.37. The number of nitrogens with zero attached hydrogens (tertiary/aromatic N) is 2. The Kier molecular flexibility index (Phi) is 4.56. The highest BCUT2D eigenvalue weighted by molar-refractivity contribution is 5.93. The topological polar surface area (TPSA) is 41.6 Å². The molecule has 1 rings (SSSR count). The van der Waals surface area contributed by atoms with Gasteiger partial charge in [0.2, 0.25) is 0 Å². The molecule has 15 heavy (non-hydrogen) atoms. The van der Waals surface area contributed by atoms with Crippen molar-refractivity contribution in [1.82, 2.24) is 4.90 Å². The van der Waals surface area contributed by atoms with Crippen molar-refractivity contribution in [2.45, 2.75) is 26.3 Å². The largest absolute Gasteiger partial charge is 0.353 e. The van der Waals surface area contributed by atoms with Crippen molar-refractivity contribution in [2.75, 3.05) is 13.1 Å². The van der Waals surface area contributed by atoms with Gasteiger partial charge >= 0.3 is 0 Å². The molecule has 0 aromatic carbocycles. The summed E-state index contributed by atoms with van der Waals surface area (Å²) in [6.07, 6.45) is 6.91. The first kappa shape index (κ1) is 12.0. The van der Waals surface area contributed by atoms with E-state index >= 15 is 0 Å². The van der Waals surface area contributed by atoms with Crippen molar-refractivity contribution in [3.8, 4) is 0 Å². The SMILES string of the molecule is C=CC(=N/C=C\C(C)CC)N1CC(N)C1. The van der Waals surface area contributed by atoms with Crippen LogP contribution in [-0.2, 0) is 0 Å². The molecule has 3 nitrogen and oxygen atoms in total. The Balaban J connectivity index is 2.47. The maximum Gasteiger partial charge on any atom is 0.127 e. The van der Waals surface area contributed by atoms with Gasteiger partial charge in [-0.3, -0.25) is 0 Å². The van der Waals surface area contributed by atoms with Crippen molar-refractivity contribution in [3.63, 3.8) is 0 Å². The molecule has 1 aliphatic rings. The van der Waals surface area contributed by atoms with Crippen molar-refractivity contribution < 1.29 is 0 Å². The molecule has 3 heteroatoms. The first-order chi connectivity index (χ1) is 7.17. The molecule has 0 amide bonds. The highest BCUT2D eigenvalue weighted by atomic mass is 15.3. The maximum atomic E-state index is 5.71. The van der Waals surface area contributed by atoms with Gasteiger partial charge in [0, 0.05) is 25.3 Å². The van der Waals surface area contributed by atoms with E-state index in [1.165, 1.54) is 0 Å². The van der Waals surface area contributed by atoms with Crippen LogP contribution in [0.15, 0.2) is 29.9 Å². The molecular formula is C12H21N3. The Hall–Kier alpha value is -1.09. The van der Waals surface area contributed by atoms with Crippen LogP contribution in [0.3, 0.4) is 0 Å². The second-order valence-electron chi connectivity index (χ2n) is 4.08. The van der Waals surface area contributed by atoms with Gasteiger partial charge in [-0.15, -0.1) is 0 Å². The molecule has 1 unspecified atom stereocenters. The van der Waals surface area contributed by atoms with E-state index in [0.717, 1.165) is 25.3 Å². The van der Waals surface area contributed by atoms with Crippen LogP contribution in [0, 0.1) is 5.92 Å². The average Bonchev–Trinajstić information content (AvgIpc) is 2.20. The van der Waals surface area contributed by atoms with Gasteiger partial charge in [-0.1, -0.05) is 32.9 Å². The van der Waals surface area contributed by atoms with Crippen LogP contribution in [0.5, 0.6) is 0 Å². The Morgan fingerprint density at radius 3 is 2.80 bits per heavy atom. The molecule has 1 aliphatic heterocycles. The number of hydrogen-bond acceptors (Lipinski definition) is 2. The first-order valence-corrected chi connectivity index (χ1v) is 5.54. The lowest BCUT2D eigenvalue weighted by Gasteiger charge is -2.38. The highest BCUT2D eigenvalue weighted by Gasteiger charge is 2.24. The van der Waals surface area contributed by atoms with Gasteiger partial charge in [-0.2, -0.15) is 0 Å². The Labute approximate surface area is 92.4 Å². The van der Waals surface area contributed by atoms with Crippen molar-refractivity contribution in [3.05, 3.63) is 24.9 Å².